The molecule has 2 heterocycles. The van der Waals surface area contributed by atoms with Gasteiger partial charge >= 0.3 is 0 Å². The monoisotopic (exact) mass is 358 g/mol. The maximum absolute atomic E-state index is 6.27. The van der Waals surface area contributed by atoms with Gasteiger partial charge in [-0.3, -0.25) is 0 Å². The summed E-state index contributed by atoms with van der Waals surface area (Å²) in [7, 11) is 0. The van der Waals surface area contributed by atoms with Crippen molar-refractivity contribution in [3.63, 3.8) is 0 Å². The third-order valence-electron chi connectivity index (χ3n) is 4.68. The Labute approximate surface area is 156 Å². The Morgan fingerprint density at radius 1 is 0.923 bits per heavy atom. The molecule has 0 bridgehead atoms. The second-order valence-corrected chi connectivity index (χ2v) is 6.75. The summed E-state index contributed by atoms with van der Waals surface area (Å²) in [6.45, 7) is 0. The zero-order chi connectivity index (χ0) is 17.5. The van der Waals surface area contributed by atoms with E-state index in [1.165, 1.54) is 10.9 Å². The SMILES string of the molecule is Clc1cc(-c2ccc3c4c(oc3c2)C=CCC4)nc(-c2ccccc2)n1. The average molecular weight is 359 g/mol. The number of fused-ring (bicyclic) bond motifs is 3. The van der Waals surface area contributed by atoms with Crippen molar-refractivity contribution in [2.45, 2.75) is 12.8 Å². The van der Waals surface area contributed by atoms with Crippen LogP contribution in [-0.4, -0.2) is 9.97 Å². The van der Waals surface area contributed by atoms with Crippen molar-refractivity contribution >= 4 is 28.6 Å². The number of hydrogen-bond donors (Lipinski definition) is 0. The Morgan fingerprint density at radius 3 is 2.69 bits per heavy atom. The van der Waals surface area contributed by atoms with Gasteiger partial charge in [-0.15, -0.1) is 0 Å². The first-order chi connectivity index (χ1) is 12.8. The maximum Gasteiger partial charge on any atom is 0.161 e. The summed E-state index contributed by atoms with van der Waals surface area (Å²) >= 11 is 6.27. The van der Waals surface area contributed by atoms with Gasteiger partial charge in [0.1, 0.15) is 16.5 Å². The molecule has 4 heteroatoms. The van der Waals surface area contributed by atoms with Gasteiger partial charge in [0.2, 0.25) is 0 Å². The zero-order valence-corrected chi connectivity index (χ0v) is 14.7. The van der Waals surface area contributed by atoms with Crippen LogP contribution in [0.1, 0.15) is 17.7 Å². The van der Waals surface area contributed by atoms with Crippen LogP contribution in [-0.2, 0) is 6.42 Å². The number of aromatic nitrogens is 2. The van der Waals surface area contributed by atoms with Crippen LogP contribution in [0.15, 0.2) is 65.1 Å². The van der Waals surface area contributed by atoms with Gasteiger partial charge in [-0.05, 0) is 25.0 Å². The van der Waals surface area contributed by atoms with Gasteiger partial charge in [0.15, 0.2) is 5.82 Å². The Bertz CT molecular complexity index is 1150. The van der Waals surface area contributed by atoms with Crippen molar-refractivity contribution in [2.24, 2.45) is 0 Å². The molecule has 4 aromatic rings. The van der Waals surface area contributed by atoms with Crippen LogP contribution in [0.5, 0.6) is 0 Å². The van der Waals surface area contributed by atoms with E-state index < -0.39 is 0 Å². The lowest BCUT2D eigenvalue weighted by Gasteiger charge is -2.06. The van der Waals surface area contributed by atoms with E-state index in [2.05, 4.69) is 29.3 Å². The van der Waals surface area contributed by atoms with Gasteiger partial charge in [0.05, 0.1) is 5.69 Å². The predicted molar refractivity (Wildman–Crippen MR) is 105 cm³/mol. The smallest absolute Gasteiger partial charge is 0.161 e. The standard InChI is InChI=1S/C22H15ClN2O/c23-21-13-18(24-22(25-21)14-6-2-1-3-7-14)15-10-11-17-16-8-4-5-9-19(16)26-20(17)12-15/h1-3,5-7,9-13H,4,8H2. The molecule has 2 aromatic heterocycles. The van der Waals surface area contributed by atoms with E-state index in [4.69, 9.17) is 21.0 Å². The summed E-state index contributed by atoms with van der Waals surface area (Å²) in [4.78, 5) is 9.08. The molecule has 0 spiro atoms. The first-order valence-electron chi connectivity index (χ1n) is 8.60. The van der Waals surface area contributed by atoms with Crippen LogP contribution in [0.2, 0.25) is 5.15 Å². The molecule has 1 aliphatic carbocycles. The van der Waals surface area contributed by atoms with Crippen LogP contribution < -0.4 is 0 Å². The zero-order valence-electron chi connectivity index (χ0n) is 13.9. The minimum Gasteiger partial charge on any atom is -0.456 e. The van der Waals surface area contributed by atoms with Crippen molar-refractivity contribution in [1.29, 1.82) is 0 Å². The normalized spacial score (nSPS) is 13.1. The summed E-state index contributed by atoms with van der Waals surface area (Å²) in [6, 6.07) is 17.9. The topological polar surface area (TPSA) is 38.9 Å². The van der Waals surface area contributed by atoms with Crippen molar-refractivity contribution in [2.75, 3.05) is 0 Å². The molecule has 126 valence electrons. The third kappa shape index (κ3) is 2.61. The molecule has 0 unspecified atom stereocenters. The van der Waals surface area contributed by atoms with Crippen LogP contribution in [0.25, 0.3) is 39.7 Å². The Balaban J connectivity index is 1.64. The molecule has 0 amide bonds. The first kappa shape index (κ1) is 15.4. The Morgan fingerprint density at radius 2 is 1.81 bits per heavy atom. The van der Waals surface area contributed by atoms with Crippen LogP contribution in [0.4, 0.5) is 0 Å². The number of hydrogen-bond acceptors (Lipinski definition) is 3. The Hall–Kier alpha value is -2.91. The van der Waals surface area contributed by atoms with Crippen molar-refractivity contribution < 1.29 is 4.42 Å². The molecule has 0 N–H and O–H groups in total. The molecule has 26 heavy (non-hydrogen) atoms. The molecule has 0 saturated carbocycles. The molecular weight excluding hydrogens is 344 g/mol. The van der Waals surface area contributed by atoms with E-state index >= 15 is 0 Å². The summed E-state index contributed by atoms with van der Waals surface area (Å²) in [5.74, 6) is 1.59. The summed E-state index contributed by atoms with van der Waals surface area (Å²) in [6.07, 6.45) is 6.30. The number of benzene rings is 2. The second kappa shape index (κ2) is 6.11. The highest BCUT2D eigenvalue weighted by Gasteiger charge is 2.16. The van der Waals surface area contributed by atoms with Gasteiger partial charge in [-0.2, -0.15) is 0 Å². The summed E-state index contributed by atoms with van der Waals surface area (Å²) in [5.41, 5.74) is 4.87. The minimum atomic E-state index is 0.427. The predicted octanol–water partition coefficient (Wildman–Crippen LogP) is 6.17. The average Bonchev–Trinajstić information content (AvgIpc) is 3.06. The second-order valence-electron chi connectivity index (χ2n) is 6.36. The minimum absolute atomic E-state index is 0.427. The van der Waals surface area contributed by atoms with E-state index in [0.717, 1.165) is 41.0 Å². The fourth-order valence-electron chi connectivity index (χ4n) is 3.42. The van der Waals surface area contributed by atoms with Crippen LogP contribution in [0.3, 0.4) is 0 Å². The highest BCUT2D eigenvalue weighted by Crippen LogP contribution is 2.34. The highest BCUT2D eigenvalue weighted by atomic mass is 35.5. The molecule has 0 aliphatic heterocycles. The molecule has 1 aliphatic rings. The number of rotatable bonds is 2. The number of allylic oxidation sites excluding steroid dienone is 1. The molecule has 0 fully saturated rings. The van der Waals surface area contributed by atoms with Crippen LogP contribution >= 0.6 is 11.6 Å². The van der Waals surface area contributed by atoms with Crippen molar-refractivity contribution in [3.8, 4) is 22.6 Å². The molecular formula is C22H15ClN2O. The number of furan rings is 1. The number of halogens is 1. The summed E-state index contributed by atoms with van der Waals surface area (Å²) < 4.78 is 6.03. The van der Waals surface area contributed by atoms with E-state index in [1.54, 1.807) is 6.07 Å². The highest BCUT2D eigenvalue weighted by molar-refractivity contribution is 6.29. The van der Waals surface area contributed by atoms with E-state index in [-0.39, 0.29) is 0 Å². The molecule has 5 rings (SSSR count). The molecule has 3 nitrogen and oxygen atoms in total. The van der Waals surface area contributed by atoms with E-state index in [9.17, 15) is 0 Å². The van der Waals surface area contributed by atoms with Crippen LogP contribution in [0, 0.1) is 0 Å². The van der Waals surface area contributed by atoms with Gasteiger partial charge in [0, 0.05) is 28.1 Å². The molecule has 0 atom stereocenters. The lowest BCUT2D eigenvalue weighted by atomic mass is 10.00. The maximum atomic E-state index is 6.27. The van der Waals surface area contributed by atoms with E-state index in [0.29, 0.717) is 11.0 Å². The van der Waals surface area contributed by atoms with Gasteiger partial charge in [-0.25, -0.2) is 9.97 Å². The number of aryl methyl sites for hydroxylation is 1. The fraction of sp³-hybridized carbons (Fsp3) is 0.0909. The molecule has 0 radical (unpaired) electrons. The fourth-order valence-corrected chi connectivity index (χ4v) is 3.60. The van der Waals surface area contributed by atoms with Crippen molar-refractivity contribution in [1.82, 2.24) is 9.97 Å². The third-order valence-corrected chi connectivity index (χ3v) is 4.87. The summed E-state index contributed by atoms with van der Waals surface area (Å²) in [5, 5.41) is 1.60. The van der Waals surface area contributed by atoms with Gasteiger partial charge in [0.25, 0.3) is 0 Å². The lowest BCUT2D eigenvalue weighted by Crippen LogP contribution is -1.93. The van der Waals surface area contributed by atoms with Gasteiger partial charge < -0.3 is 4.42 Å². The lowest BCUT2D eigenvalue weighted by molar-refractivity contribution is 0.595. The van der Waals surface area contributed by atoms with Crippen molar-refractivity contribution in [3.05, 3.63) is 77.2 Å². The Kier molecular flexibility index (Phi) is 3.61. The largest absolute Gasteiger partial charge is 0.456 e. The van der Waals surface area contributed by atoms with E-state index in [1.807, 2.05) is 36.4 Å². The first-order valence-corrected chi connectivity index (χ1v) is 8.98. The molecule has 2 aromatic carbocycles. The van der Waals surface area contributed by atoms with Gasteiger partial charge in [-0.1, -0.05) is 60.1 Å². The quantitative estimate of drug-likeness (QED) is 0.402. The molecule has 0 saturated heterocycles. The number of nitrogens with zero attached hydrogens (tertiary/aromatic N) is 2.